The first-order valence-corrected chi connectivity index (χ1v) is 9.61. The Morgan fingerprint density at radius 2 is 2.07 bits per heavy atom. The van der Waals surface area contributed by atoms with Crippen LogP contribution in [0.4, 0.5) is 0 Å². The fraction of sp³-hybridized carbons (Fsp3) is 0.273. The Bertz CT molecular complexity index is 972. The normalized spacial score (nSPS) is 12.9. The summed E-state index contributed by atoms with van der Waals surface area (Å²) >= 11 is 5.90. The van der Waals surface area contributed by atoms with Crippen molar-refractivity contribution in [3.63, 3.8) is 0 Å². The van der Waals surface area contributed by atoms with Crippen LogP contribution in [-0.2, 0) is 30.6 Å². The molecule has 27 heavy (non-hydrogen) atoms. The van der Waals surface area contributed by atoms with Gasteiger partial charge in [0.1, 0.15) is 17.4 Å². The zero-order valence-electron chi connectivity index (χ0n) is 15.0. The van der Waals surface area contributed by atoms with Crippen molar-refractivity contribution in [1.29, 1.82) is 0 Å². The predicted octanol–water partition coefficient (Wildman–Crippen LogP) is 4.60. The largest absolute Gasteiger partial charge is 0.506 e. The number of aryl methyl sites for hydroxylation is 3. The third-order valence-electron chi connectivity index (χ3n) is 4.99. The van der Waals surface area contributed by atoms with E-state index in [9.17, 15) is 9.90 Å². The standard InChI is InChI=1S/C22H21ClN2O2/c23-19-13-16(7-9-21(19)27)12-18(26)8-6-15-3-1-4-17(11-15)20-14-25-10-2-5-22(25)24-20/h1,3-4,7,9,11,13-14,27H,2,5-6,8,10,12H2. The van der Waals surface area contributed by atoms with E-state index >= 15 is 0 Å². The number of fused-ring (bicyclic) bond motifs is 1. The minimum atomic E-state index is 0.0370. The van der Waals surface area contributed by atoms with Crippen molar-refractivity contribution >= 4 is 17.4 Å². The van der Waals surface area contributed by atoms with E-state index < -0.39 is 0 Å². The van der Waals surface area contributed by atoms with Crippen LogP contribution in [0, 0.1) is 0 Å². The Morgan fingerprint density at radius 3 is 2.89 bits per heavy atom. The summed E-state index contributed by atoms with van der Waals surface area (Å²) in [5.41, 5.74) is 4.07. The SMILES string of the molecule is O=C(CCc1cccc(-c2cn3c(n2)CCC3)c1)Cc1ccc(O)c(Cl)c1. The summed E-state index contributed by atoms with van der Waals surface area (Å²) in [5.74, 6) is 1.36. The lowest BCUT2D eigenvalue weighted by atomic mass is 10.0. The van der Waals surface area contributed by atoms with Gasteiger partial charge in [0.05, 0.1) is 10.7 Å². The molecule has 2 heterocycles. The number of nitrogens with zero attached hydrogens (tertiary/aromatic N) is 2. The number of rotatable bonds is 6. The number of aromatic nitrogens is 2. The van der Waals surface area contributed by atoms with Crippen LogP contribution >= 0.6 is 11.6 Å². The molecule has 5 heteroatoms. The van der Waals surface area contributed by atoms with Gasteiger partial charge in [0.2, 0.25) is 0 Å². The van der Waals surface area contributed by atoms with Crippen molar-refractivity contribution in [2.24, 2.45) is 0 Å². The van der Waals surface area contributed by atoms with Crippen molar-refractivity contribution in [2.75, 3.05) is 0 Å². The summed E-state index contributed by atoms with van der Waals surface area (Å²) in [6.07, 6.45) is 5.86. The number of hydrogen-bond donors (Lipinski definition) is 1. The van der Waals surface area contributed by atoms with Crippen LogP contribution in [0.5, 0.6) is 5.75 Å². The molecule has 0 saturated carbocycles. The van der Waals surface area contributed by atoms with Crippen LogP contribution < -0.4 is 0 Å². The fourth-order valence-electron chi connectivity index (χ4n) is 3.54. The number of carbonyl (C=O) groups excluding carboxylic acids is 1. The van der Waals surface area contributed by atoms with Crippen LogP contribution in [0.2, 0.25) is 5.02 Å². The second kappa shape index (κ2) is 7.57. The lowest BCUT2D eigenvalue weighted by molar-refractivity contribution is -0.118. The molecule has 0 saturated heterocycles. The first-order valence-electron chi connectivity index (χ1n) is 9.23. The smallest absolute Gasteiger partial charge is 0.137 e. The number of benzene rings is 2. The molecule has 0 spiro atoms. The van der Waals surface area contributed by atoms with Gasteiger partial charge in [0, 0.05) is 37.6 Å². The third kappa shape index (κ3) is 4.06. The molecule has 0 unspecified atom stereocenters. The Morgan fingerprint density at radius 1 is 1.19 bits per heavy atom. The van der Waals surface area contributed by atoms with Crippen LogP contribution in [0.15, 0.2) is 48.7 Å². The maximum absolute atomic E-state index is 12.3. The average molecular weight is 381 g/mol. The summed E-state index contributed by atoms with van der Waals surface area (Å²) in [5, 5.41) is 9.74. The Balaban J connectivity index is 1.39. The van der Waals surface area contributed by atoms with Gasteiger partial charge < -0.3 is 9.67 Å². The monoisotopic (exact) mass is 380 g/mol. The fourth-order valence-corrected chi connectivity index (χ4v) is 3.74. The highest BCUT2D eigenvalue weighted by Gasteiger charge is 2.14. The van der Waals surface area contributed by atoms with Crippen molar-refractivity contribution in [2.45, 2.75) is 38.6 Å². The molecule has 1 aromatic heterocycles. The number of aromatic hydroxyl groups is 1. The lowest BCUT2D eigenvalue weighted by Gasteiger charge is -2.05. The van der Waals surface area contributed by atoms with Gasteiger partial charge in [-0.3, -0.25) is 4.79 Å². The van der Waals surface area contributed by atoms with Crippen molar-refractivity contribution in [1.82, 2.24) is 9.55 Å². The zero-order chi connectivity index (χ0) is 18.8. The van der Waals surface area contributed by atoms with Crippen LogP contribution in [0.25, 0.3) is 11.3 Å². The molecule has 138 valence electrons. The van der Waals surface area contributed by atoms with Gasteiger partial charge in [-0.1, -0.05) is 35.9 Å². The Kier molecular flexibility index (Phi) is 4.99. The first kappa shape index (κ1) is 17.8. The second-order valence-electron chi connectivity index (χ2n) is 7.04. The highest BCUT2D eigenvalue weighted by Crippen LogP contribution is 2.25. The van der Waals surface area contributed by atoms with Gasteiger partial charge in [0.25, 0.3) is 0 Å². The molecule has 0 radical (unpaired) electrons. The van der Waals surface area contributed by atoms with Gasteiger partial charge in [-0.15, -0.1) is 0 Å². The number of phenols is 1. The van der Waals surface area contributed by atoms with Gasteiger partial charge in [0.15, 0.2) is 0 Å². The van der Waals surface area contributed by atoms with Crippen LogP contribution in [-0.4, -0.2) is 20.4 Å². The zero-order valence-corrected chi connectivity index (χ0v) is 15.7. The first-order chi connectivity index (χ1) is 13.1. The topological polar surface area (TPSA) is 55.1 Å². The maximum atomic E-state index is 12.3. The molecule has 2 aromatic carbocycles. The molecule has 0 bridgehead atoms. The Labute approximate surface area is 163 Å². The van der Waals surface area contributed by atoms with Gasteiger partial charge in [-0.25, -0.2) is 4.98 Å². The van der Waals surface area contributed by atoms with E-state index in [0.29, 0.717) is 19.3 Å². The second-order valence-corrected chi connectivity index (χ2v) is 7.45. The number of Topliss-reactive ketones (excluding diaryl/α,β-unsaturated/α-hetero) is 1. The predicted molar refractivity (Wildman–Crippen MR) is 106 cm³/mol. The quantitative estimate of drug-likeness (QED) is 0.680. The highest BCUT2D eigenvalue weighted by molar-refractivity contribution is 6.32. The van der Waals surface area contributed by atoms with Gasteiger partial charge in [-0.2, -0.15) is 0 Å². The van der Waals surface area contributed by atoms with E-state index in [2.05, 4.69) is 29.0 Å². The number of imidazole rings is 1. The van der Waals surface area contributed by atoms with Crippen molar-refractivity contribution in [3.05, 3.63) is 70.6 Å². The van der Waals surface area contributed by atoms with E-state index in [1.807, 2.05) is 6.07 Å². The molecular weight excluding hydrogens is 360 g/mol. The number of phenolic OH excluding ortho intramolecular Hbond substituents is 1. The highest BCUT2D eigenvalue weighted by atomic mass is 35.5. The van der Waals surface area contributed by atoms with E-state index in [-0.39, 0.29) is 16.6 Å². The minimum absolute atomic E-state index is 0.0370. The summed E-state index contributed by atoms with van der Waals surface area (Å²) in [6.45, 7) is 1.05. The summed E-state index contributed by atoms with van der Waals surface area (Å²) in [4.78, 5) is 17.0. The number of hydrogen-bond acceptors (Lipinski definition) is 3. The molecule has 0 amide bonds. The lowest BCUT2D eigenvalue weighted by Crippen LogP contribution is -2.04. The van der Waals surface area contributed by atoms with Crippen molar-refractivity contribution in [3.8, 4) is 17.0 Å². The van der Waals surface area contributed by atoms with Gasteiger partial charge >= 0.3 is 0 Å². The number of carbonyl (C=O) groups is 1. The maximum Gasteiger partial charge on any atom is 0.137 e. The molecule has 4 rings (SSSR count). The molecule has 3 aromatic rings. The third-order valence-corrected chi connectivity index (χ3v) is 5.29. The Hall–Kier alpha value is -2.59. The van der Waals surface area contributed by atoms with E-state index in [0.717, 1.165) is 41.2 Å². The molecule has 1 N–H and O–H groups in total. The van der Waals surface area contributed by atoms with Crippen molar-refractivity contribution < 1.29 is 9.90 Å². The number of halogens is 1. The summed E-state index contributed by atoms with van der Waals surface area (Å²) < 4.78 is 2.23. The van der Waals surface area contributed by atoms with Crippen LogP contribution in [0.3, 0.4) is 0 Å². The minimum Gasteiger partial charge on any atom is -0.506 e. The summed E-state index contributed by atoms with van der Waals surface area (Å²) in [6, 6.07) is 13.2. The molecule has 0 fully saturated rings. The molecule has 0 aliphatic carbocycles. The summed E-state index contributed by atoms with van der Waals surface area (Å²) in [7, 11) is 0. The average Bonchev–Trinajstić information content (AvgIpc) is 3.25. The molecule has 4 nitrogen and oxygen atoms in total. The van der Waals surface area contributed by atoms with Gasteiger partial charge in [-0.05, 0) is 42.2 Å². The molecule has 1 aliphatic heterocycles. The number of ketones is 1. The van der Waals surface area contributed by atoms with E-state index in [1.54, 1.807) is 12.1 Å². The molecule has 0 atom stereocenters. The van der Waals surface area contributed by atoms with E-state index in [1.165, 1.54) is 12.5 Å². The molecule has 1 aliphatic rings. The van der Waals surface area contributed by atoms with Crippen LogP contribution in [0.1, 0.15) is 29.8 Å². The van der Waals surface area contributed by atoms with E-state index in [4.69, 9.17) is 16.6 Å². The molecular formula is C22H21ClN2O2.